The van der Waals surface area contributed by atoms with Crippen molar-refractivity contribution in [3.05, 3.63) is 51.8 Å². The smallest absolute Gasteiger partial charge is 0.164 e. The first-order valence-electron chi connectivity index (χ1n) is 6.59. The van der Waals surface area contributed by atoms with Gasteiger partial charge in [0.1, 0.15) is 0 Å². The largest absolute Gasteiger partial charge is 0.316 e. The number of carbonyl (C=O) groups is 1. The van der Waals surface area contributed by atoms with Gasteiger partial charge in [-0.25, -0.2) is 0 Å². The molecule has 0 saturated carbocycles. The van der Waals surface area contributed by atoms with E-state index in [0.29, 0.717) is 6.42 Å². The van der Waals surface area contributed by atoms with Crippen molar-refractivity contribution in [2.75, 3.05) is 0 Å². The van der Waals surface area contributed by atoms with Crippen LogP contribution in [0.3, 0.4) is 0 Å². The standard InChI is InChI=1S/C16H16ClNO/c1-10-6-7-13(17)15(8-10)18-11(2)9-12-14(18)4-3-5-16(12)19/h6-9H,3-5H2,1-2H3. The first kappa shape index (κ1) is 12.5. The summed E-state index contributed by atoms with van der Waals surface area (Å²) < 4.78 is 2.14. The number of aromatic nitrogens is 1. The van der Waals surface area contributed by atoms with Gasteiger partial charge in [0.25, 0.3) is 0 Å². The van der Waals surface area contributed by atoms with Crippen molar-refractivity contribution in [3.63, 3.8) is 0 Å². The molecule has 0 spiro atoms. The zero-order chi connectivity index (χ0) is 13.6. The van der Waals surface area contributed by atoms with Crippen LogP contribution in [0.15, 0.2) is 24.3 Å². The van der Waals surface area contributed by atoms with Gasteiger partial charge >= 0.3 is 0 Å². The Labute approximate surface area is 118 Å². The van der Waals surface area contributed by atoms with Crippen LogP contribution in [0, 0.1) is 13.8 Å². The summed E-state index contributed by atoms with van der Waals surface area (Å²) in [4.78, 5) is 12.0. The minimum Gasteiger partial charge on any atom is -0.316 e. The topological polar surface area (TPSA) is 22.0 Å². The monoisotopic (exact) mass is 273 g/mol. The molecule has 0 fully saturated rings. The minimum absolute atomic E-state index is 0.256. The van der Waals surface area contributed by atoms with Crippen LogP contribution in [0.25, 0.3) is 5.69 Å². The number of benzene rings is 1. The van der Waals surface area contributed by atoms with E-state index in [4.69, 9.17) is 11.6 Å². The first-order valence-corrected chi connectivity index (χ1v) is 6.96. The normalized spacial score (nSPS) is 14.6. The van der Waals surface area contributed by atoms with Crippen LogP contribution in [0.4, 0.5) is 0 Å². The summed E-state index contributed by atoms with van der Waals surface area (Å²) >= 11 is 6.33. The van der Waals surface area contributed by atoms with E-state index in [1.807, 2.05) is 25.1 Å². The number of carbonyl (C=O) groups excluding carboxylic acids is 1. The Hall–Kier alpha value is -1.54. The Morgan fingerprint density at radius 1 is 1.16 bits per heavy atom. The lowest BCUT2D eigenvalue weighted by molar-refractivity contribution is 0.0972. The molecule has 0 unspecified atom stereocenters. The predicted octanol–water partition coefficient (Wildman–Crippen LogP) is 4.27. The second kappa shape index (κ2) is 4.53. The molecule has 1 aliphatic carbocycles. The van der Waals surface area contributed by atoms with Gasteiger partial charge in [0.15, 0.2) is 5.78 Å². The number of hydrogen-bond donors (Lipinski definition) is 0. The summed E-state index contributed by atoms with van der Waals surface area (Å²) in [5.74, 6) is 0.256. The highest BCUT2D eigenvalue weighted by molar-refractivity contribution is 6.32. The van der Waals surface area contributed by atoms with E-state index in [1.54, 1.807) is 0 Å². The number of ketones is 1. The van der Waals surface area contributed by atoms with E-state index >= 15 is 0 Å². The Bertz CT molecular complexity index is 670. The van der Waals surface area contributed by atoms with Gasteiger partial charge in [0, 0.05) is 23.4 Å². The van der Waals surface area contributed by atoms with Crippen molar-refractivity contribution in [1.82, 2.24) is 4.57 Å². The molecule has 0 aliphatic heterocycles. The molecule has 98 valence electrons. The van der Waals surface area contributed by atoms with E-state index in [0.717, 1.165) is 40.5 Å². The lowest BCUT2D eigenvalue weighted by Gasteiger charge is -2.17. The van der Waals surface area contributed by atoms with Crippen molar-refractivity contribution in [1.29, 1.82) is 0 Å². The summed E-state index contributed by atoms with van der Waals surface area (Å²) in [5.41, 5.74) is 5.22. The number of Topliss-reactive ketones (excluding diaryl/α,β-unsaturated/α-hetero) is 1. The summed E-state index contributed by atoms with van der Waals surface area (Å²) in [7, 11) is 0. The van der Waals surface area contributed by atoms with Gasteiger partial charge in [-0.2, -0.15) is 0 Å². The fourth-order valence-corrected chi connectivity index (χ4v) is 3.06. The fraction of sp³-hybridized carbons (Fsp3) is 0.312. The molecule has 19 heavy (non-hydrogen) atoms. The number of hydrogen-bond acceptors (Lipinski definition) is 1. The molecule has 3 rings (SSSR count). The molecule has 1 aliphatic rings. The number of rotatable bonds is 1. The molecular weight excluding hydrogens is 258 g/mol. The van der Waals surface area contributed by atoms with E-state index in [2.05, 4.69) is 17.6 Å². The zero-order valence-corrected chi connectivity index (χ0v) is 11.9. The van der Waals surface area contributed by atoms with E-state index < -0.39 is 0 Å². The third-order valence-corrected chi connectivity index (χ3v) is 4.07. The molecule has 0 bridgehead atoms. The number of nitrogens with zero attached hydrogens (tertiary/aromatic N) is 1. The van der Waals surface area contributed by atoms with Crippen molar-refractivity contribution < 1.29 is 4.79 Å². The van der Waals surface area contributed by atoms with Crippen molar-refractivity contribution >= 4 is 17.4 Å². The number of fused-ring (bicyclic) bond motifs is 1. The van der Waals surface area contributed by atoms with Gasteiger partial charge in [-0.15, -0.1) is 0 Å². The Kier molecular flexibility index (Phi) is 2.98. The van der Waals surface area contributed by atoms with Crippen LogP contribution in [-0.4, -0.2) is 10.4 Å². The zero-order valence-electron chi connectivity index (χ0n) is 11.2. The Balaban J connectivity index is 2.26. The average Bonchev–Trinajstić information content (AvgIpc) is 2.70. The van der Waals surface area contributed by atoms with Gasteiger partial charge in [-0.3, -0.25) is 4.79 Å². The van der Waals surface area contributed by atoms with Crippen molar-refractivity contribution in [3.8, 4) is 5.69 Å². The maximum Gasteiger partial charge on any atom is 0.164 e. The summed E-state index contributed by atoms with van der Waals surface area (Å²) in [5, 5.41) is 0.727. The van der Waals surface area contributed by atoms with E-state index in [-0.39, 0.29) is 5.78 Å². The van der Waals surface area contributed by atoms with Gasteiger partial charge in [-0.1, -0.05) is 17.7 Å². The van der Waals surface area contributed by atoms with Crippen LogP contribution >= 0.6 is 11.6 Å². The van der Waals surface area contributed by atoms with Gasteiger partial charge in [-0.05, 0) is 50.5 Å². The lowest BCUT2D eigenvalue weighted by Crippen LogP contribution is -2.13. The fourth-order valence-electron chi connectivity index (χ4n) is 2.86. The first-order chi connectivity index (χ1) is 9.08. The molecule has 0 radical (unpaired) electrons. The van der Waals surface area contributed by atoms with Crippen LogP contribution in [0.5, 0.6) is 0 Å². The van der Waals surface area contributed by atoms with Gasteiger partial charge in [0.05, 0.1) is 10.7 Å². The number of aryl methyl sites for hydroxylation is 2. The van der Waals surface area contributed by atoms with Crippen molar-refractivity contribution in [2.24, 2.45) is 0 Å². The maximum atomic E-state index is 12.0. The second-order valence-electron chi connectivity index (χ2n) is 5.21. The molecule has 0 saturated heterocycles. The molecule has 3 heteroatoms. The molecule has 2 nitrogen and oxygen atoms in total. The maximum absolute atomic E-state index is 12.0. The average molecular weight is 274 g/mol. The van der Waals surface area contributed by atoms with Crippen LogP contribution in [0.1, 0.15) is 40.2 Å². The van der Waals surface area contributed by atoms with E-state index in [1.165, 1.54) is 5.56 Å². The highest BCUT2D eigenvalue weighted by Gasteiger charge is 2.23. The molecule has 1 heterocycles. The SMILES string of the molecule is Cc1ccc(Cl)c(-n2c(C)cc3c2CCCC3=O)c1. The summed E-state index contributed by atoms with van der Waals surface area (Å²) in [6.45, 7) is 4.08. The van der Waals surface area contributed by atoms with E-state index in [9.17, 15) is 4.79 Å². The molecule has 1 aromatic heterocycles. The van der Waals surface area contributed by atoms with Crippen LogP contribution < -0.4 is 0 Å². The summed E-state index contributed by atoms with van der Waals surface area (Å²) in [6.07, 6.45) is 2.54. The number of halogens is 1. The van der Waals surface area contributed by atoms with Crippen LogP contribution in [-0.2, 0) is 6.42 Å². The molecule has 1 aromatic carbocycles. The molecule has 2 aromatic rings. The molecule has 0 N–H and O–H groups in total. The van der Waals surface area contributed by atoms with Crippen molar-refractivity contribution in [2.45, 2.75) is 33.1 Å². The van der Waals surface area contributed by atoms with Gasteiger partial charge < -0.3 is 4.57 Å². The minimum atomic E-state index is 0.256. The molecule has 0 atom stereocenters. The summed E-state index contributed by atoms with van der Waals surface area (Å²) in [6, 6.07) is 8.00. The third kappa shape index (κ3) is 2.00. The molecular formula is C16H16ClNO. The third-order valence-electron chi connectivity index (χ3n) is 3.75. The Morgan fingerprint density at radius 3 is 2.74 bits per heavy atom. The predicted molar refractivity (Wildman–Crippen MR) is 77.5 cm³/mol. The van der Waals surface area contributed by atoms with Gasteiger partial charge in [0.2, 0.25) is 0 Å². The quantitative estimate of drug-likeness (QED) is 0.761. The lowest BCUT2D eigenvalue weighted by atomic mass is 9.96. The van der Waals surface area contributed by atoms with Crippen LogP contribution in [0.2, 0.25) is 5.02 Å². The Morgan fingerprint density at radius 2 is 1.95 bits per heavy atom. The highest BCUT2D eigenvalue weighted by atomic mass is 35.5. The molecule has 0 amide bonds. The highest BCUT2D eigenvalue weighted by Crippen LogP contribution is 2.31. The second-order valence-corrected chi connectivity index (χ2v) is 5.62.